The zero-order valence-electron chi connectivity index (χ0n) is 18.5. The Hall–Kier alpha value is -3.61. The Morgan fingerprint density at radius 2 is 2.00 bits per heavy atom. The molecular formula is C24H28N4O5. The Kier molecular flexibility index (Phi) is 8.63. The lowest BCUT2D eigenvalue weighted by atomic mass is 10.1. The molecule has 0 aliphatic carbocycles. The van der Waals surface area contributed by atoms with E-state index in [1.165, 1.54) is 0 Å². The predicted octanol–water partition coefficient (Wildman–Crippen LogP) is 2.37. The summed E-state index contributed by atoms with van der Waals surface area (Å²) in [6, 6.07) is 14.4. The summed E-state index contributed by atoms with van der Waals surface area (Å²) >= 11 is 0. The fraction of sp³-hybridized carbons (Fsp3) is 0.375. The first-order valence-corrected chi connectivity index (χ1v) is 10.8. The molecule has 1 heterocycles. The normalized spacial score (nSPS) is 18.0. The van der Waals surface area contributed by atoms with Gasteiger partial charge < -0.3 is 30.1 Å². The van der Waals surface area contributed by atoms with Crippen molar-refractivity contribution in [3.8, 4) is 11.8 Å². The number of aliphatic hydroxyl groups excluding tert-OH is 1. The Morgan fingerprint density at radius 1 is 1.21 bits per heavy atom. The van der Waals surface area contributed by atoms with E-state index in [0.717, 1.165) is 0 Å². The number of amides is 3. The summed E-state index contributed by atoms with van der Waals surface area (Å²) in [7, 11) is 1.59. The van der Waals surface area contributed by atoms with Crippen LogP contribution in [0.15, 0.2) is 48.5 Å². The number of benzene rings is 2. The van der Waals surface area contributed by atoms with E-state index in [9.17, 15) is 14.7 Å². The number of aliphatic hydroxyl groups is 1. The molecule has 0 spiro atoms. The van der Waals surface area contributed by atoms with Crippen LogP contribution in [0.25, 0.3) is 0 Å². The summed E-state index contributed by atoms with van der Waals surface area (Å²) in [5.41, 5.74) is 1.38. The van der Waals surface area contributed by atoms with Gasteiger partial charge >= 0.3 is 6.03 Å². The smallest absolute Gasteiger partial charge is 0.321 e. The molecule has 9 heteroatoms. The Bertz CT molecular complexity index is 989. The molecular weight excluding hydrogens is 424 g/mol. The number of rotatable bonds is 7. The number of anilines is 1. The number of nitrogens with one attached hydrogen (secondary N) is 2. The van der Waals surface area contributed by atoms with Gasteiger partial charge in [-0.25, -0.2) is 4.79 Å². The van der Waals surface area contributed by atoms with Crippen LogP contribution in [-0.2, 0) is 4.74 Å². The van der Waals surface area contributed by atoms with Gasteiger partial charge in [0, 0.05) is 31.5 Å². The molecule has 1 fully saturated rings. The van der Waals surface area contributed by atoms with Gasteiger partial charge in [0.05, 0.1) is 30.4 Å². The van der Waals surface area contributed by atoms with E-state index in [0.29, 0.717) is 55.2 Å². The van der Waals surface area contributed by atoms with Gasteiger partial charge in [-0.05, 0) is 55.3 Å². The number of likely N-dealkylation sites (tertiary alicyclic amines) is 1. The van der Waals surface area contributed by atoms with Crippen molar-refractivity contribution in [2.75, 3.05) is 38.7 Å². The first-order valence-electron chi connectivity index (χ1n) is 10.8. The number of nitrogens with zero attached hydrogens (tertiary/aromatic N) is 2. The quantitative estimate of drug-likeness (QED) is 0.554. The van der Waals surface area contributed by atoms with Gasteiger partial charge in [-0.3, -0.25) is 4.79 Å². The molecule has 3 amide bonds. The molecule has 3 rings (SSSR count). The van der Waals surface area contributed by atoms with Gasteiger partial charge in [0.1, 0.15) is 12.4 Å². The molecule has 2 atom stereocenters. The molecule has 1 saturated heterocycles. The number of carbonyl (C=O) groups is 2. The highest BCUT2D eigenvalue weighted by molar-refractivity contribution is 5.94. The molecule has 2 aromatic rings. The van der Waals surface area contributed by atoms with Crippen LogP contribution in [0.5, 0.6) is 5.75 Å². The van der Waals surface area contributed by atoms with Crippen LogP contribution < -0.4 is 15.4 Å². The second-order valence-corrected chi connectivity index (χ2v) is 7.72. The zero-order chi connectivity index (χ0) is 23.6. The molecule has 0 aromatic heterocycles. The van der Waals surface area contributed by atoms with Crippen molar-refractivity contribution in [2.24, 2.45) is 0 Å². The average Bonchev–Trinajstić information content (AvgIpc) is 3.01. The van der Waals surface area contributed by atoms with Crippen molar-refractivity contribution in [3.05, 3.63) is 59.7 Å². The highest BCUT2D eigenvalue weighted by Crippen LogP contribution is 2.17. The van der Waals surface area contributed by atoms with E-state index in [4.69, 9.17) is 14.7 Å². The zero-order valence-corrected chi connectivity index (χ0v) is 18.5. The maximum Gasteiger partial charge on any atom is 0.321 e. The van der Waals surface area contributed by atoms with Crippen molar-refractivity contribution in [2.45, 2.75) is 25.0 Å². The minimum absolute atomic E-state index is 0.162. The lowest BCUT2D eigenvalue weighted by Gasteiger charge is -2.27. The van der Waals surface area contributed by atoms with Crippen LogP contribution in [0.3, 0.4) is 0 Å². The average molecular weight is 453 g/mol. The predicted molar refractivity (Wildman–Crippen MR) is 122 cm³/mol. The Balaban J connectivity index is 1.61. The largest absolute Gasteiger partial charge is 0.491 e. The van der Waals surface area contributed by atoms with E-state index in [1.807, 2.05) is 6.07 Å². The SMILES string of the molecule is COCCOc1ccc(C(=O)NC2CN(C(=O)Nc3cccc(C#N)c3)CCCC2O)cc1. The van der Waals surface area contributed by atoms with E-state index < -0.39 is 12.1 Å². The summed E-state index contributed by atoms with van der Waals surface area (Å²) in [5.74, 6) is 0.285. The van der Waals surface area contributed by atoms with Gasteiger partial charge in [0.25, 0.3) is 5.91 Å². The van der Waals surface area contributed by atoms with Crippen molar-refractivity contribution in [3.63, 3.8) is 0 Å². The van der Waals surface area contributed by atoms with E-state index >= 15 is 0 Å². The molecule has 1 aliphatic heterocycles. The maximum atomic E-state index is 12.8. The Labute approximate surface area is 192 Å². The molecule has 9 nitrogen and oxygen atoms in total. The van der Waals surface area contributed by atoms with E-state index in [2.05, 4.69) is 10.6 Å². The van der Waals surface area contributed by atoms with Crippen LogP contribution >= 0.6 is 0 Å². The lowest BCUT2D eigenvalue weighted by molar-refractivity contribution is 0.0811. The van der Waals surface area contributed by atoms with E-state index in [1.54, 1.807) is 60.5 Å². The second-order valence-electron chi connectivity index (χ2n) is 7.72. The monoisotopic (exact) mass is 452 g/mol. The van der Waals surface area contributed by atoms with Crippen molar-refractivity contribution < 1.29 is 24.2 Å². The Morgan fingerprint density at radius 3 is 2.73 bits per heavy atom. The number of nitriles is 1. The molecule has 0 bridgehead atoms. The van der Waals surface area contributed by atoms with Crippen LogP contribution in [0.2, 0.25) is 0 Å². The lowest BCUT2D eigenvalue weighted by Crippen LogP contribution is -2.50. The minimum Gasteiger partial charge on any atom is -0.491 e. The van der Waals surface area contributed by atoms with Crippen LogP contribution in [0.4, 0.5) is 10.5 Å². The molecule has 33 heavy (non-hydrogen) atoms. The summed E-state index contributed by atoms with van der Waals surface area (Å²) in [6.45, 7) is 1.49. The third-order valence-electron chi connectivity index (χ3n) is 5.33. The summed E-state index contributed by atoms with van der Waals surface area (Å²) < 4.78 is 10.4. The number of carbonyl (C=O) groups excluding carboxylic acids is 2. The molecule has 2 aromatic carbocycles. The second kappa shape index (κ2) is 11.9. The summed E-state index contributed by atoms with van der Waals surface area (Å²) in [6.07, 6.45) is 0.294. The first kappa shape index (κ1) is 24.0. The standard InChI is InChI=1S/C24H28N4O5/c1-32-12-13-33-20-9-7-18(8-10-20)23(30)27-21-16-28(11-3-6-22(21)29)24(31)26-19-5-2-4-17(14-19)15-25/h2,4-5,7-10,14,21-22,29H,3,6,11-13,16H2,1H3,(H,26,31)(H,27,30). The first-order chi connectivity index (χ1) is 16.0. The maximum absolute atomic E-state index is 12.8. The van der Waals surface area contributed by atoms with Gasteiger partial charge in [0.15, 0.2) is 0 Å². The van der Waals surface area contributed by atoms with Crippen LogP contribution in [0.1, 0.15) is 28.8 Å². The fourth-order valence-corrected chi connectivity index (χ4v) is 3.54. The van der Waals surface area contributed by atoms with Crippen molar-refractivity contribution in [1.29, 1.82) is 5.26 Å². The van der Waals surface area contributed by atoms with Crippen LogP contribution in [-0.4, -0.2) is 67.5 Å². The molecule has 1 aliphatic rings. The number of urea groups is 1. The molecule has 0 saturated carbocycles. The number of hydrogen-bond donors (Lipinski definition) is 3. The highest BCUT2D eigenvalue weighted by Gasteiger charge is 2.29. The fourth-order valence-electron chi connectivity index (χ4n) is 3.54. The van der Waals surface area contributed by atoms with Crippen molar-refractivity contribution in [1.82, 2.24) is 10.2 Å². The highest BCUT2D eigenvalue weighted by atomic mass is 16.5. The third-order valence-corrected chi connectivity index (χ3v) is 5.33. The minimum atomic E-state index is -0.773. The molecule has 2 unspecified atom stereocenters. The molecule has 0 radical (unpaired) electrons. The summed E-state index contributed by atoms with van der Waals surface area (Å²) in [4.78, 5) is 27.1. The van der Waals surface area contributed by atoms with Gasteiger partial charge in [-0.15, -0.1) is 0 Å². The molecule has 174 valence electrons. The van der Waals surface area contributed by atoms with Crippen molar-refractivity contribution >= 4 is 17.6 Å². The van der Waals surface area contributed by atoms with Gasteiger partial charge in [-0.1, -0.05) is 6.07 Å². The number of ether oxygens (including phenoxy) is 2. The number of methoxy groups -OCH3 is 1. The summed E-state index contributed by atoms with van der Waals surface area (Å²) in [5, 5.41) is 25.2. The topological polar surface area (TPSA) is 124 Å². The van der Waals surface area contributed by atoms with Gasteiger partial charge in [-0.2, -0.15) is 5.26 Å². The molecule has 3 N–H and O–H groups in total. The van der Waals surface area contributed by atoms with E-state index in [-0.39, 0.29) is 18.5 Å². The van der Waals surface area contributed by atoms with Gasteiger partial charge in [0.2, 0.25) is 0 Å². The number of hydrogen-bond acceptors (Lipinski definition) is 6. The van der Waals surface area contributed by atoms with Crippen LogP contribution in [0, 0.1) is 11.3 Å². The third kappa shape index (κ3) is 6.94.